The van der Waals surface area contributed by atoms with Gasteiger partial charge in [-0.3, -0.25) is 9.10 Å². The predicted octanol–water partition coefficient (Wildman–Crippen LogP) is 3.47. The van der Waals surface area contributed by atoms with E-state index < -0.39 is 21.9 Å². The molecule has 7 nitrogen and oxygen atoms in total. The molecule has 0 aliphatic carbocycles. The van der Waals surface area contributed by atoms with Crippen molar-refractivity contribution in [2.45, 2.75) is 13.8 Å². The molecule has 0 unspecified atom stereocenters. The van der Waals surface area contributed by atoms with Crippen molar-refractivity contribution in [3.63, 3.8) is 0 Å². The normalized spacial score (nSPS) is 11.0. The zero-order valence-corrected chi connectivity index (χ0v) is 17.5. The van der Waals surface area contributed by atoms with Crippen LogP contribution >= 0.6 is 11.6 Å². The Kier molecular flexibility index (Phi) is 6.69. The number of ether oxygens (including phenoxy) is 1. The van der Waals surface area contributed by atoms with Gasteiger partial charge in [0, 0.05) is 18.3 Å². The molecule has 9 heteroatoms. The maximum Gasteiger partial charge on any atom is 0.339 e. The van der Waals surface area contributed by atoms with Crippen LogP contribution in [0.5, 0.6) is 0 Å². The second-order valence-corrected chi connectivity index (χ2v) is 8.47. The largest absolute Gasteiger partial charge is 0.462 e. The second-order valence-electron chi connectivity index (χ2n) is 6.05. The SMILES string of the molecule is CCOC(=O)c1cc(NC(=O)c2cccc(N(C)S(C)(=O)=O)c2C)ccc1Cl. The van der Waals surface area contributed by atoms with Gasteiger partial charge in [-0.2, -0.15) is 0 Å². The summed E-state index contributed by atoms with van der Waals surface area (Å²) in [6, 6.07) is 9.29. The van der Waals surface area contributed by atoms with Crippen LogP contribution < -0.4 is 9.62 Å². The van der Waals surface area contributed by atoms with Crippen molar-refractivity contribution in [2.24, 2.45) is 0 Å². The molecule has 0 saturated heterocycles. The summed E-state index contributed by atoms with van der Waals surface area (Å²) in [6.45, 7) is 3.55. The van der Waals surface area contributed by atoms with E-state index >= 15 is 0 Å². The molecule has 0 atom stereocenters. The van der Waals surface area contributed by atoms with Crippen LogP contribution in [-0.4, -0.2) is 40.2 Å². The Labute approximate surface area is 169 Å². The molecule has 0 radical (unpaired) electrons. The fourth-order valence-corrected chi connectivity index (χ4v) is 3.31. The highest BCUT2D eigenvalue weighted by Gasteiger charge is 2.19. The lowest BCUT2D eigenvalue weighted by Crippen LogP contribution is -2.26. The van der Waals surface area contributed by atoms with Crippen molar-refractivity contribution in [3.05, 3.63) is 58.1 Å². The topological polar surface area (TPSA) is 92.8 Å². The van der Waals surface area contributed by atoms with E-state index in [0.29, 0.717) is 22.5 Å². The van der Waals surface area contributed by atoms with E-state index in [1.807, 2.05) is 0 Å². The molecular formula is C19H21ClN2O5S. The van der Waals surface area contributed by atoms with Crippen molar-refractivity contribution in [3.8, 4) is 0 Å². The number of benzene rings is 2. The van der Waals surface area contributed by atoms with E-state index in [9.17, 15) is 18.0 Å². The van der Waals surface area contributed by atoms with Gasteiger partial charge in [0.25, 0.3) is 5.91 Å². The average molecular weight is 425 g/mol. The quantitative estimate of drug-likeness (QED) is 0.716. The second kappa shape index (κ2) is 8.62. The molecule has 0 saturated carbocycles. The number of hydrogen-bond donors (Lipinski definition) is 1. The number of hydrogen-bond acceptors (Lipinski definition) is 5. The number of nitrogens with zero attached hydrogens (tertiary/aromatic N) is 1. The Bertz CT molecular complexity index is 1020. The maximum atomic E-state index is 12.7. The van der Waals surface area contributed by atoms with Crippen LogP contribution in [0, 0.1) is 6.92 Å². The van der Waals surface area contributed by atoms with Gasteiger partial charge in [0.15, 0.2) is 0 Å². The van der Waals surface area contributed by atoms with Gasteiger partial charge in [-0.15, -0.1) is 0 Å². The van der Waals surface area contributed by atoms with E-state index in [2.05, 4.69) is 5.32 Å². The van der Waals surface area contributed by atoms with Crippen LogP contribution in [0.1, 0.15) is 33.2 Å². The van der Waals surface area contributed by atoms with Gasteiger partial charge in [-0.05, 0) is 49.7 Å². The van der Waals surface area contributed by atoms with Gasteiger partial charge in [0.1, 0.15) is 0 Å². The third-order valence-corrected chi connectivity index (χ3v) is 5.63. The summed E-state index contributed by atoms with van der Waals surface area (Å²) in [4.78, 5) is 24.7. The van der Waals surface area contributed by atoms with Crippen LogP contribution in [0.25, 0.3) is 0 Å². The molecule has 1 N–H and O–H groups in total. The number of carbonyl (C=O) groups excluding carboxylic acids is 2. The first kappa shape index (κ1) is 21.7. The van der Waals surface area contributed by atoms with Crippen LogP contribution in [0.15, 0.2) is 36.4 Å². The van der Waals surface area contributed by atoms with Gasteiger partial charge >= 0.3 is 5.97 Å². The predicted molar refractivity (Wildman–Crippen MR) is 110 cm³/mol. The Hall–Kier alpha value is -2.58. The number of carbonyl (C=O) groups is 2. The van der Waals surface area contributed by atoms with Crippen LogP contribution in [0.3, 0.4) is 0 Å². The summed E-state index contributed by atoms with van der Waals surface area (Å²) in [7, 11) is -2.05. The van der Waals surface area contributed by atoms with Gasteiger partial charge in [0.2, 0.25) is 10.0 Å². The summed E-state index contributed by atoms with van der Waals surface area (Å²) in [5, 5.41) is 2.91. The fourth-order valence-electron chi connectivity index (χ4n) is 2.56. The number of rotatable bonds is 6. The molecule has 0 bridgehead atoms. The summed E-state index contributed by atoms with van der Waals surface area (Å²) >= 11 is 6.03. The van der Waals surface area contributed by atoms with Crippen molar-refractivity contribution < 1.29 is 22.7 Å². The highest BCUT2D eigenvalue weighted by atomic mass is 35.5. The first-order chi connectivity index (χ1) is 13.1. The van der Waals surface area contributed by atoms with Crippen molar-refractivity contribution in [1.82, 2.24) is 0 Å². The van der Waals surface area contributed by atoms with Gasteiger partial charge < -0.3 is 10.1 Å². The lowest BCUT2D eigenvalue weighted by molar-refractivity contribution is 0.0526. The number of esters is 1. The van der Waals surface area contributed by atoms with Crippen LogP contribution in [-0.2, 0) is 14.8 Å². The molecule has 1 amide bonds. The molecule has 2 rings (SSSR count). The number of halogens is 1. The first-order valence-corrected chi connectivity index (χ1v) is 10.6. The molecular weight excluding hydrogens is 404 g/mol. The molecule has 28 heavy (non-hydrogen) atoms. The molecule has 0 aliphatic rings. The van der Waals surface area contributed by atoms with Gasteiger partial charge in [0.05, 0.1) is 29.1 Å². The third-order valence-electron chi connectivity index (χ3n) is 4.11. The maximum absolute atomic E-state index is 12.7. The van der Waals surface area contributed by atoms with Crippen LogP contribution in [0.2, 0.25) is 5.02 Å². The van der Waals surface area contributed by atoms with E-state index in [4.69, 9.17) is 16.3 Å². The molecule has 0 spiro atoms. The summed E-state index contributed by atoms with van der Waals surface area (Å²) in [6.07, 6.45) is 1.09. The number of nitrogens with one attached hydrogen (secondary N) is 1. The lowest BCUT2D eigenvalue weighted by atomic mass is 10.1. The van der Waals surface area contributed by atoms with Crippen molar-refractivity contribution in [2.75, 3.05) is 29.5 Å². The first-order valence-electron chi connectivity index (χ1n) is 8.37. The average Bonchev–Trinajstić information content (AvgIpc) is 2.62. The molecule has 0 fully saturated rings. The minimum atomic E-state index is -3.47. The standard InChI is InChI=1S/C19H21ClN2O5S/c1-5-27-19(24)15-11-13(9-10-16(15)20)21-18(23)14-7-6-8-17(12(14)2)22(3)28(4,25)26/h6-11H,5H2,1-4H3,(H,21,23). The summed E-state index contributed by atoms with van der Waals surface area (Å²) < 4.78 is 29.7. The molecule has 2 aromatic rings. The summed E-state index contributed by atoms with van der Waals surface area (Å²) in [5.41, 5.74) is 1.72. The lowest BCUT2D eigenvalue weighted by Gasteiger charge is -2.20. The number of anilines is 2. The third kappa shape index (κ3) is 4.82. The molecule has 0 aliphatic heterocycles. The number of sulfonamides is 1. The number of amides is 1. The zero-order chi connectivity index (χ0) is 21.1. The highest BCUT2D eigenvalue weighted by molar-refractivity contribution is 7.92. The van der Waals surface area contributed by atoms with Crippen molar-refractivity contribution in [1.29, 1.82) is 0 Å². The van der Waals surface area contributed by atoms with E-state index in [-0.39, 0.29) is 17.2 Å². The molecule has 150 valence electrons. The minimum absolute atomic E-state index is 0.142. The minimum Gasteiger partial charge on any atom is -0.462 e. The Morgan fingerprint density at radius 2 is 1.86 bits per heavy atom. The fraction of sp³-hybridized carbons (Fsp3) is 0.263. The monoisotopic (exact) mass is 424 g/mol. The Morgan fingerprint density at radius 1 is 1.18 bits per heavy atom. The zero-order valence-electron chi connectivity index (χ0n) is 15.9. The van der Waals surface area contributed by atoms with Crippen LogP contribution in [0.4, 0.5) is 11.4 Å². The highest BCUT2D eigenvalue weighted by Crippen LogP contribution is 2.26. The van der Waals surface area contributed by atoms with E-state index in [1.54, 1.807) is 38.1 Å². The van der Waals surface area contributed by atoms with E-state index in [1.165, 1.54) is 19.2 Å². The molecule has 2 aromatic carbocycles. The Balaban J connectivity index is 2.34. The molecule has 0 heterocycles. The smallest absolute Gasteiger partial charge is 0.339 e. The van der Waals surface area contributed by atoms with Crippen molar-refractivity contribution >= 4 is 44.9 Å². The van der Waals surface area contributed by atoms with E-state index in [0.717, 1.165) is 10.6 Å². The van der Waals surface area contributed by atoms with Gasteiger partial charge in [-0.1, -0.05) is 17.7 Å². The Morgan fingerprint density at radius 3 is 2.46 bits per heavy atom. The molecule has 0 aromatic heterocycles. The summed E-state index contributed by atoms with van der Waals surface area (Å²) in [5.74, 6) is -1.03. The van der Waals surface area contributed by atoms with Gasteiger partial charge in [-0.25, -0.2) is 13.2 Å².